The lowest BCUT2D eigenvalue weighted by molar-refractivity contribution is -0.159. The second-order valence-corrected chi connectivity index (χ2v) is 6.84. The van der Waals surface area contributed by atoms with E-state index in [-0.39, 0.29) is 12.0 Å². The van der Waals surface area contributed by atoms with Gasteiger partial charge in [0, 0.05) is 13.1 Å². The monoisotopic (exact) mass is 385 g/mol. The molecule has 1 aromatic carbocycles. The number of para-hydroxylation sites is 1. The van der Waals surface area contributed by atoms with E-state index in [0.29, 0.717) is 26.4 Å². The number of carboxylic acid groups (broad SMARTS) is 2. The predicted molar refractivity (Wildman–Crippen MR) is 101 cm³/mol. The number of carbonyl (C=O) groups is 2. The third-order valence-corrected chi connectivity index (χ3v) is 3.46. The number of hydrogen-bond acceptors (Lipinski definition) is 6. The Morgan fingerprint density at radius 1 is 1.00 bits per heavy atom. The molecule has 8 heteroatoms. The minimum atomic E-state index is -1.82. The number of hydrogen-bond donors (Lipinski definition) is 3. The summed E-state index contributed by atoms with van der Waals surface area (Å²) in [7, 11) is 1.97. The van der Waals surface area contributed by atoms with Gasteiger partial charge in [0.15, 0.2) is 0 Å². The molecule has 0 amide bonds. The van der Waals surface area contributed by atoms with Crippen molar-refractivity contribution in [3.05, 3.63) is 29.8 Å². The van der Waals surface area contributed by atoms with Crippen molar-refractivity contribution < 1.29 is 34.4 Å². The molecule has 154 valence electrons. The first-order chi connectivity index (χ1) is 12.6. The summed E-state index contributed by atoms with van der Waals surface area (Å²) in [5, 5.41) is 23.6. The topological polar surface area (TPSA) is 117 Å². The minimum Gasteiger partial charge on any atom is -0.491 e. The fraction of sp³-hybridized carbons (Fsp3) is 0.579. The Morgan fingerprint density at radius 2 is 1.59 bits per heavy atom. The van der Waals surface area contributed by atoms with Crippen LogP contribution in [0.15, 0.2) is 24.3 Å². The zero-order chi connectivity index (χ0) is 20.9. The zero-order valence-corrected chi connectivity index (χ0v) is 16.5. The number of nitrogens with zero attached hydrogens (tertiary/aromatic N) is 1. The van der Waals surface area contributed by atoms with Crippen LogP contribution in [0.5, 0.6) is 5.75 Å². The van der Waals surface area contributed by atoms with Crippen LogP contribution in [0.2, 0.25) is 0 Å². The lowest BCUT2D eigenvalue weighted by Crippen LogP contribution is -2.26. The molecule has 0 aliphatic rings. The van der Waals surface area contributed by atoms with E-state index in [1.165, 1.54) is 5.56 Å². The molecule has 0 saturated carbocycles. The summed E-state index contributed by atoms with van der Waals surface area (Å²) in [5.74, 6) is -2.71. The minimum absolute atomic E-state index is 0.0739. The molecule has 0 saturated heterocycles. The van der Waals surface area contributed by atoms with Crippen LogP contribution in [0.4, 0.5) is 0 Å². The quantitative estimate of drug-likeness (QED) is 0.432. The van der Waals surface area contributed by atoms with Crippen LogP contribution in [0.25, 0.3) is 0 Å². The molecule has 0 spiro atoms. The highest BCUT2D eigenvalue weighted by Gasteiger charge is 2.18. The van der Waals surface area contributed by atoms with Gasteiger partial charge in [-0.2, -0.15) is 0 Å². The Balaban J connectivity index is 0.000000972. The number of rotatable bonds is 9. The number of aliphatic hydroxyl groups is 1. The summed E-state index contributed by atoms with van der Waals surface area (Å²) in [5.41, 5.74) is 1.29. The number of aliphatic hydroxyl groups excluding tert-OH is 1. The number of aliphatic carboxylic acids is 2. The number of benzene rings is 1. The Morgan fingerprint density at radius 3 is 2.11 bits per heavy atom. The highest BCUT2D eigenvalue weighted by molar-refractivity contribution is 6.27. The van der Waals surface area contributed by atoms with Gasteiger partial charge in [0.1, 0.15) is 12.4 Å². The van der Waals surface area contributed by atoms with Crippen LogP contribution in [0, 0.1) is 0 Å². The van der Waals surface area contributed by atoms with Gasteiger partial charge >= 0.3 is 11.9 Å². The lowest BCUT2D eigenvalue weighted by atomic mass is 9.86. The van der Waals surface area contributed by atoms with E-state index in [0.717, 1.165) is 12.3 Å². The first-order valence-electron chi connectivity index (χ1n) is 8.65. The van der Waals surface area contributed by atoms with Gasteiger partial charge in [-0.3, -0.25) is 0 Å². The van der Waals surface area contributed by atoms with Gasteiger partial charge in [0.05, 0.1) is 19.8 Å². The van der Waals surface area contributed by atoms with E-state index >= 15 is 0 Å². The van der Waals surface area contributed by atoms with Crippen LogP contribution in [-0.2, 0) is 19.7 Å². The number of carboxylic acids is 2. The van der Waals surface area contributed by atoms with E-state index in [1.807, 2.05) is 30.1 Å². The molecule has 0 fully saturated rings. The zero-order valence-electron chi connectivity index (χ0n) is 16.5. The van der Waals surface area contributed by atoms with Crippen molar-refractivity contribution in [1.29, 1.82) is 0 Å². The largest absolute Gasteiger partial charge is 0.491 e. The predicted octanol–water partition coefficient (Wildman–Crippen LogP) is 1.46. The maximum atomic E-state index is 9.10. The molecule has 0 atom stereocenters. The van der Waals surface area contributed by atoms with Crippen molar-refractivity contribution >= 4 is 11.9 Å². The fourth-order valence-corrected chi connectivity index (χ4v) is 2.03. The summed E-state index contributed by atoms with van der Waals surface area (Å²) in [4.78, 5) is 20.2. The maximum absolute atomic E-state index is 9.10. The van der Waals surface area contributed by atoms with Crippen LogP contribution in [0.1, 0.15) is 26.3 Å². The number of likely N-dealkylation sites (N-methyl/N-ethyl adjacent to an activating group) is 1. The fourth-order valence-electron chi connectivity index (χ4n) is 2.03. The average molecular weight is 385 g/mol. The average Bonchev–Trinajstić information content (AvgIpc) is 2.58. The molecule has 8 nitrogen and oxygen atoms in total. The Hall–Kier alpha value is -2.16. The third-order valence-electron chi connectivity index (χ3n) is 3.46. The normalized spacial score (nSPS) is 10.9. The third kappa shape index (κ3) is 12.0. The van der Waals surface area contributed by atoms with Crippen molar-refractivity contribution in [2.24, 2.45) is 0 Å². The molecule has 1 rings (SSSR count). The van der Waals surface area contributed by atoms with E-state index < -0.39 is 11.9 Å². The van der Waals surface area contributed by atoms with Crippen molar-refractivity contribution in [2.75, 3.05) is 46.6 Å². The number of ether oxygens (including phenoxy) is 2. The van der Waals surface area contributed by atoms with Crippen LogP contribution < -0.4 is 4.74 Å². The van der Waals surface area contributed by atoms with Gasteiger partial charge in [-0.05, 0) is 24.1 Å². The van der Waals surface area contributed by atoms with Crippen LogP contribution >= 0.6 is 0 Å². The van der Waals surface area contributed by atoms with E-state index in [2.05, 4.69) is 26.8 Å². The molecular formula is C19H31NO7. The first kappa shape index (κ1) is 24.8. The van der Waals surface area contributed by atoms with Crippen LogP contribution in [0.3, 0.4) is 0 Å². The van der Waals surface area contributed by atoms with Crippen molar-refractivity contribution in [3.8, 4) is 5.75 Å². The molecule has 0 unspecified atom stereocenters. The Kier molecular flexibility index (Phi) is 12.0. The summed E-state index contributed by atoms with van der Waals surface area (Å²) in [6, 6.07) is 8.16. The van der Waals surface area contributed by atoms with Gasteiger partial charge in [0.25, 0.3) is 0 Å². The van der Waals surface area contributed by atoms with E-state index in [1.54, 1.807) is 0 Å². The highest BCUT2D eigenvalue weighted by atomic mass is 16.5. The molecule has 0 heterocycles. The van der Waals surface area contributed by atoms with Gasteiger partial charge in [-0.1, -0.05) is 39.0 Å². The molecule has 0 bridgehead atoms. The van der Waals surface area contributed by atoms with E-state index in [9.17, 15) is 0 Å². The van der Waals surface area contributed by atoms with Gasteiger partial charge in [-0.15, -0.1) is 0 Å². The molecule has 0 aliphatic heterocycles. The van der Waals surface area contributed by atoms with Gasteiger partial charge in [-0.25, -0.2) is 9.59 Å². The van der Waals surface area contributed by atoms with Gasteiger partial charge < -0.3 is 29.7 Å². The first-order valence-corrected chi connectivity index (χ1v) is 8.65. The SMILES string of the molecule is CN(CCO)CCOCCOc1ccccc1C(C)(C)C.O=C(O)C(=O)O. The van der Waals surface area contributed by atoms with Gasteiger partial charge in [0.2, 0.25) is 0 Å². The summed E-state index contributed by atoms with van der Waals surface area (Å²) < 4.78 is 11.4. The molecular weight excluding hydrogens is 354 g/mol. The van der Waals surface area contributed by atoms with Crippen molar-refractivity contribution in [1.82, 2.24) is 4.90 Å². The molecule has 27 heavy (non-hydrogen) atoms. The second kappa shape index (κ2) is 13.1. The van der Waals surface area contributed by atoms with Crippen LogP contribution in [-0.4, -0.2) is 78.7 Å². The second-order valence-electron chi connectivity index (χ2n) is 6.84. The molecule has 1 aromatic rings. The van der Waals surface area contributed by atoms with Crippen molar-refractivity contribution in [2.45, 2.75) is 26.2 Å². The highest BCUT2D eigenvalue weighted by Crippen LogP contribution is 2.30. The molecule has 0 aromatic heterocycles. The summed E-state index contributed by atoms with van der Waals surface area (Å²) in [6.45, 7) is 10.0. The molecule has 0 aliphatic carbocycles. The van der Waals surface area contributed by atoms with E-state index in [4.69, 9.17) is 34.4 Å². The maximum Gasteiger partial charge on any atom is 0.414 e. The van der Waals surface area contributed by atoms with Crippen molar-refractivity contribution in [3.63, 3.8) is 0 Å². The summed E-state index contributed by atoms with van der Waals surface area (Å²) in [6.07, 6.45) is 0. The standard InChI is InChI=1S/C17H29NO3.C2H2O4/c1-17(2,3)15-7-5-6-8-16(15)21-14-13-20-12-10-18(4)9-11-19;3-1(4)2(5)6/h5-8,19H,9-14H2,1-4H3;(H,3,4)(H,5,6). The molecule has 0 radical (unpaired) electrons. The summed E-state index contributed by atoms with van der Waals surface area (Å²) >= 11 is 0. The smallest absolute Gasteiger partial charge is 0.414 e. The lowest BCUT2D eigenvalue weighted by Gasteiger charge is -2.22. The molecule has 3 N–H and O–H groups in total. The Bertz CT molecular complexity index is 557. The Labute approximate surface area is 160 Å².